The third-order valence-corrected chi connectivity index (χ3v) is 2.43. The molecule has 2 rings (SSSR count). The third-order valence-electron chi connectivity index (χ3n) is 2.22. The van der Waals surface area contributed by atoms with Gasteiger partial charge in [0.2, 0.25) is 0 Å². The van der Waals surface area contributed by atoms with Crippen molar-refractivity contribution in [1.29, 1.82) is 0 Å². The van der Waals surface area contributed by atoms with Crippen molar-refractivity contribution in [3.05, 3.63) is 0 Å². The smallest absolute Gasteiger partial charge is 0.283 e. The van der Waals surface area contributed by atoms with Crippen LogP contribution in [0.2, 0.25) is 0 Å². The van der Waals surface area contributed by atoms with Crippen molar-refractivity contribution < 1.29 is 14.2 Å². The lowest BCUT2D eigenvalue weighted by Crippen LogP contribution is -2.29. The zero-order valence-electron chi connectivity index (χ0n) is 6.92. The van der Waals surface area contributed by atoms with Gasteiger partial charge in [0.05, 0.1) is 19.3 Å². The quantitative estimate of drug-likeness (QED) is 0.621. The van der Waals surface area contributed by atoms with Gasteiger partial charge < -0.3 is 14.2 Å². The highest BCUT2D eigenvalue weighted by atomic mass is 35.5. The molecule has 2 heterocycles. The second-order valence-corrected chi connectivity index (χ2v) is 3.54. The van der Waals surface area contributed by atoms with Crippen LogP contribution in [0.5, 0.6) is 0 Å². The molecule has 1 spiro atoms. The van der Waals surface area contributed by atoms with Crippen molar-refractivity contribution in [2.75, 3.05) is 19.1 Å². The van der Waals surface area contributed by atoms with Crippen LogP contribution in [0, 0.1) is 0 Å². The maximum Gasteiger partial charge on any atom is 0.283 e. The zero-order chi connectivity index (χ0) is 8.44. The Hall–Kier alpha value is 0.170. The Morgan fingerprint density at radius 2 is 2.33 bits per heavy atom. The maximum atomic E-state index is 5.62. The van der Waals surface area contributed by atoms with Crippen LogP contribution in [-0.4, -0.2) is 31.2 Å². The molecule has 0 aromatic heterocycles. The summed E-state index contributed by atoms with van der Waals surface area (Å²) in [6, 6.07) is 0. The van der Waals surface area contributed by atoms with E-state index in [1.165, 1.54) is 0 Å². The molecule has 0 amide bonds. The van der Waals surface area contributed by atoms with E-state index >= 15 is 0 Å². The normalized spacial score (nSPS) is 41.2. The minimum absolute atomic E-state index is 0.126. The van der Waals surface area contributed by atoms with E-state index in [4.69, 9.17) is 25.8 Å². The van der Waals surface area contributed by atoms with Gasteiger partial charge in [-0.2, -0.15) is 0 Å². The molecule has 2 aliphatic rings. The first kappa shape index (κ1) is 8.75. The fraction of sp³-hybridized carbons (Fsp3) is 1.00. The summed E-state index contributed by atoms with van der Waals surface area (Å²) in [4.78, 5) is 0. The van der Waals surface area contributed by atoms with Crippen molar-refractivity contribution in [3.8, 4) is 0 Å². The molecule has 0 saturated carbocycles. The molecule has 0 N–H and O–H groups in total. The van der Waals surface area contributed by atoms with Gasteiger partial charge in [0.25, 0.3) is 5.97 Å². The fourth-order valence-corrected chi connectivity index (χ4v) is 1.84. The third kappa shape index (κ3) is 1.59. The number of ether oxygens (including phenoxy) is 3. The van der Waals surface area contributed by atoms with Gasteiger partial charge in [0.15, 0.2) is 0 Å². The summed E-state index contributed by atoms with van der Waals surface area (Å²) in [7, 11) is 0. The predicted molar refractivity (Wildman–Crippen MR) is 44.1 cm³/mol. The van der Waals surface area contributed by atoms with Crippen molar-refractivity contribution in [2.45, 2.75) is 31.3 Å². The van der Waals surface area contributed by atoms with E-state index in [-0.39, 0.29) is 6.10 Å². The molecule has 0 radical (unpaired) electrons. The number of hydrogen-bond donors (Lipinski definition) is 0. The first-order chi connectivity index (χ1) is 5.85. The molecule has 4 heteroatoms. The zero-order valence-corrected chi connectivity index (χ0v) is 7.68. The van der Waals surface area contributed by atoms with Gasteiger partial charge in [0.1, 0.15) is 0 Å². The first-order valence-corrected chi connectivity index (χ1v) is 4.90. The van der Waals surface area contributed by atoms with Crippen LogP contribution < -0.4 is 0 Å². The second kappa shape index (κ2) is 3.50. The molecule has 2 unspecified atom stereocenters. The summed E-state index contributed by atoms with van der Waals surface area (Å²) in [5.41, 5.74) is 0. The Bertz CT molecular complexity index is 156. The maximum absolute atomic E-state index is 5.62. The van der Waals surface area contributed by atoms with E-state index < -0.39 is 5.97 Å². The molecule has 2 fully saturated rings. The lowest BCUT2D eigenvalue weighted by Gasteiger charge is -2.20. The Kier molecular flexibility index (Phi) is 2.55. The van der Waals surface area contributed by atoms with E-state index in [2.05, 4.69) is 0 Å². The lowest BCUT2D eigenvalue weighted by atomic mass is 10.3. The average molecular weight is 193 g/mol. The largest absolute Gasteiger partial charge is 0.327 e. The minimum atomic E-state index is -0.698. The molecule has 0 bridgehead atoms. The Morgan fingerprint density at radius 3 is 3.00 bits per heavy atom. The van der Waals surface area contributed by atoms with E-state index in [1.807, 2.05) is 0 Å². The summed E-state index contributed by atoms with van der Waals surface area (Å²) >= 11 is 5.60. The summed E-state index contributed by atoms with van der Waals surface area (Å²) in [5, 5.41) is 0. The van der Waals surface area contributed by atoms with E-state index in [0.29, 0.717) is 12.5 Å². The van der Waals surface area contributed by atoms with Crippen LogP contribution in [-0.2, 0) is 14.2 Å². The molecule has 0 aromatic rings. The van der Waals surface area contributed by atoms with Gasteiger partial charge in [0, 0.05) is 12.3 Å². The molecular formula is C8H13ClO3. The molecule has 2 atom stereocenters. The SMILES string of the molecule is ClCCC1COC2(CCCO2)O1. The van der Waals surface area contributed by atoms with Gasteiger partial charge in [-0.25, -0.2) is 0 Å². The Morgan fingerprint density at radius 1 is 1.42 bits per heavy atom. The number of hydrogen-bond acceptors (Lipinski definition) is 3. The van der Waals surface area contributed by atoms with E-state index in [9.17, 15) is 0 Å². The van der Waals surface area contributed by atoms with Crippen LogP contribution in [0.4, 0.5) is 0 Å². The van der Waals surface area contributed by atoms with Crippen molar-refractivity contribution >= 4 is 11.6 Å². The summed E-state index contributed by atoms with van der Waals surface area (Å²) < 4.78 is 16.5. The first-order valence-electron chi connectivity index (χ1n) is 4.36. The van der Waals surface area contributed by atoms with Crippen LogP contribution in [0.3, 0.4) is 0 Å². The highest BCUT2D eigenvalue weighted by Gasteiger charge is 2.45. The monoisotopic (exact) mass is 192 g/mol. The molecule has 2 saturated heterocycles. The van der Waals surface area contributed by atoms with Crippen LogP contribution in [0.1, 0.15) is 19.3 Å². The topological polar surface area (TPSA) is 27.7 Å². The predicted octanol–water partition coefficient (Wildman–Crippen LogP) is 1.49. The average Bonchev–Trinajstić information content (AvgIpc) is 2.65. The van der Waals surface area contributed by atoms with Gasteiger partial charge >= 0.3 is 0 Å². The number of alkyl halides is 1. The minimum Gasteiger partial charge on any atom is -0.327 e. The highest BCUT2D eigenvalue weighted by Crippen LogP contribution is 2.35. The van der Waals surface area contributed by atoms with Crippen molar-refractivity contribution in [2.24, 2.45) is 0 Å². The van der Waals surface area contributed by atoms with Gasteiger partial charge in [-0.15, -0.1) is 11.6 Å². The summed E-state index contributed by atoms with van der Waals surface area (Å²) in [6.07, 6.45) is 2.84. The van der Waals surface area contributed by atoms with E-state index in [0.717, 1.165) is 25.9 Å². The molecule has 3 nitrogen and oxygen atoms in total. The van der Waals surface area contributed by atoms with Crippen LogP contribution in [0.15, 0.2) is 0 Å². The van der Waals surface area contributed by atoms with Crippen LogP contribution >= 0.6 is 11.6 Å². The fourth-order valence-electron chi connectivity index (χ4n) is 1.60. The van der Waals surface area contributed by atoms with Gasteiger partial charge in [-0.3, -0.25) is 0 Å². The van der Waals surface area contributed by atoms with E-state index in [1.54, 1.807) is 0 Å². The second-order valence-electron chi connectivity index (χ2n) is 3.16. The Balaban J connectivity index is 1.88. The molecule has 70 valence electrons. The van der Waals surface area contributed by atoms with Crippen molar-refractivity contribution in [1.82, 2.24) is 0 Å². The Labute approximate surface area is 76.9 Å². The van der Waals surface area contributed by atoms with Crippen LogP contribution in [0.25, 0.3) is 0 Å². The van der Waals surface area contributed by atoms with Gasteiger partial charge in [-0.05, 0) is 12.8 Å². The molecule has 0 aliphatic carbocycles. The number of halogens is 1. The highest BCUT2D eigenvalue weighted by molar-refractivity contribution is 6.17. The lowest BCUT2D eigenvalue weighted by molar-refractivity contribution is -0.313. The molecular weight excluding hydrogens is 180 g/mol. The van der Waals surface area contributed by atoms with Gasteiger partial charge in [-0.1, -0.05) is 0 Å². The standard InChI is InChI=1S/C8H13ClO3/c9-4-2-7-6-11-8(12-7)3-1-5-10-8/h7H,1-6H2. The molecule has 12 heavy (non-hydrogen) atoms. The molecule has 2 aliphatic heterocycles. The molecule has 0 aromatic carbocycles. The summed E-state index contributed by atoms with van der Waals surface area (Å²) in [5.74, 6) is -0.0825. The number of rotatable bonds is 2. The van der Waals surface area contributed by atoms with Crippen molar-refractivity contribution in [3.63, 3.8) is 0 Å². The summed E-state index contributed by atoms with van der Waals surface area (Å²) in [6.45, 7) is 1.36.